The van der Waals surface area contributed by atoms with Gasteiger partial charge >= 0.3 is 69.2 Å². The second kappa shape index (κ2) is 11.6. The van der Waals surface area contributed by atoms with Crippen LogP contribution in [-0.2, 0) is 0 Å². The molecule has 0 saturated carbocycles. The van der Waals surface area contributed by atoms with E-state index in [0.29, 0.717) is 10.1 Å². The summed E-state index contributed by atoms with van der Waals surface area (Å²) in [5.41, 5.74) is 0. The fourth-order valence-corrected chi connectivity index (χ4v) is 3.38. The van der Waals surface area contributed by atoms with Crippen LogP contribution in [0.2, 0.25) is 39.7 Å². The van der Waals surface area contributed by atoms with Crippen LogP contribution in [0, 0.1) is 0 Å². The van der Waals surface area contributed by atoms with Gasteiger partial charge in [0, 0.05) is 0 Å². The molecule has 3 heteroatoms. The van der Waals surface area contributed by atoms with E-state index < -0.39 is 39.5 Å². The molecule has 0 aromatic rings. The summed E-state index contributed by atoms with van der Waals surface area (Å²) in [5.74, 6) is 0. The van der Waals surface area contributed by atoms with Gasteiger partial charge in [0.2, 0.25) is 0 Å². The van der Waals surface area contributed by atoms with Crippen LogP contribution < -0.4 is 0 Å². The Morgan fingerprint density at radius 1 is 0.529 bits per heavy atom. The van der Waals surface area contributed by atoms with Crippen molar-refractivity contribution in [3.63, 3.8) is 0 Å². The predicted molar refractivity (Wildman–Crippen MR) is 91.9 cm³/mol. The standard InChI is InChI=1S/C8H18Si.6CH3.2Sn/c1-7(2,3)9-8(4,5)6;;;;;;;;/h1-6H3;6*1H3;;. The van der Waals surface area contributed by atoms with Crippen LogP contribution in [0.25, 0.3) is 0 Å². The Kier molecular flexibility index (Phi) is 16.3. The monoisotopic (exact) mass is 472 g/mol. The summed E-state index contributed by atoms with van der Waals surface area (Å²) in [6.07, 6.45) is 0. The van der Waals surface area contributed by atoms with Crippen molar-refractivity contribution in [2.75, 3.05) is 0 Å². The second-order valence-electron chi connectivity index (χ2n) is 7.62. The first-order valence-corrected chi connectivity index (χ1v) is 24.6. The Bertz CT molecular complexity index is 129. The van der Waals surface area contributed by atoms with Crippen LogP contribution in [0.15, 0.2) is 0 Å². The van der Waals surface area contributed by atoms with Gasteiger partial charge in [0.15, 0.2) is 0 Å². The van der Waals surface area contributed by atoms with E-state index in [1.807, 2.05) is 0 Å². The number of hydrogen-bond donors (Lipinski definition) is 0. The van der Waals surface area contributed by atoms with Crippen molar-refractivity contribution in [3.05, 3.63) is 0 Å². The van der Waals surface area contributed by atoms with E-state index in [9.17, 15) is 0 Å². The molecule has 0 aromatic heterocycles. The molecule has 0 saturated heterocycles. The molecular formula is C14H36SiSn2. The molecule has 0 N–H and O–H groups in total. The minimum absolute atomic E-state index is 0.512. The van der Waals surface area contributed by atoms with Gasteiger partial charge in [-0.05, 0) is 10.1 Å². The average Bonchev–Trinajstić information content (AvgIpc) is 1.70. The van der Waals surface area contributed by atoms with Gasteiger partial charge in [0.1, 0.15) is 0 Å². The van der Waals surface area contributed by atoms with Crippen LogP contribution in [0.5, 0.6) is 0 Å². The molecule has 17 heavy (non-hydrogen) atoms. The van der Waals surface area contributed by atoms with Gasteiger partial charge < -0.3 is 0 Å². The van der Waals surface area contributed by atoms with E-state index in [-0.39, 0.29) is 0 Å². The van der Waals surface area contributed by atoms with Gasteiger partial charge in [-0.3, -0.25) is 0 Å². The Morgan fingerprint density at radius 3 is 0.647 bits per heavy atom. The molecule has 0 unspecified atom stereocenters. The first-order valence-electron chi connectivity index (χ1n) is 6.50. The summed E-state index contributed by atoms with van der Waals surface area (Å²) in [6.45, 7) is 13.8. The van der Waals surface area contributed by atoms with Crippen molar-refractivity contribution in [3.8, 4) is 0 Å². The molecule has 0 heterocycles. The molecule has 0 fully saturated rings. The van der Waals surface area contributed by atoms with Crippen LogP contribution >= 0.6 is 0 Å². The maximum atomic E-state index is 2.36. The van der Waals surface area contributed by atoms with Crippen LogP contribution in [0.4, 0.5) is 0 Å². The number of rotatable bonds is 0. The zero-order valence-corrected chi connectivity index (χ0v) is 21.2. The van der Waals surface area contributed by atoms with Crippen molar-refractivity contribution >= 4 is 49.0 Å². The van der Waals surface area contributed by atoms with Crippen molar-refractivity contribution in [2.24, 2.45) is 0 Å². The fourth-order valence-electron chi connectivity index (χ4n) is 1.12. The zero-order valence-electron chi connectivity index (χ0n) is 14.5. The quantitative estimate of drug-likeness (QED) is 0.389. The maximum absolute atomic E-state index is 2.36. The number of hydrogen-bond acceptors (Lipinski definition) is 0. The Morgan fingerprint density at radius 2 is 0.647 bits per heavy atom. The molecule has 104 valence electrons. The molecule has 0 bridgehead atoms. The average molecular weight is 470 g/mol. The van der Waals surface area contributed by atoms with Gasteiger partial charge in [-0.15, -0.1) is 0 Å². The minimum atomic E-state index is -0.543. The first kappa shape index (κ1) is 23.9. The van der Waals surface area contributed by atoms with Crippen molar-refractivity contribution < 1.29 is 0 Å². The molecule has 0 rings (SSSR count). The van der Waals surface area contributed by atoms with E-state index in [0.717, 1.165) is 9.52 Å². The van der Waals surface area contributed by atoms with Gasteiger partial charge in [-0.2, -0.15) is 0 Å². The van der Waals surface area contributed by atoms with Crippen molar-refractivity contribution in [1.82, 2.24) is 0 Å². The summed E-state index contributed by atoms with van der Waals surface area (Å²) in [6, 6.07) is 0. The molecule has 0 aliphatic rings. The van der Waals surface area contributed by atoms with Gasteiger partial charge in [0.25, 0.3) is 0 Å². The zero-order chi connectivity index (χ0) is 14.9. The van der Waals surface area contributed by atoms with E-state index in [1.54, 1.807) is 0 Å². The van der Waals surface area contributed by atoms with Crippen LogP contribution in [-0.4, -0.2) is 49.0 Å². The molecule has 0 aromatic carbocycles. The third-order valence-corrected chi connectivity index (χ3v) is 2.25. The van der Waals surface area contributed by atoms with Crippen molar-refractivity contribution in [2.45, 2.75) is 81.3 Å². The summed E-state index contributed by atoms with van der Waals surface area (Å²) in [7, 11) is 1.05. The van der Waals surface area contributed by atoms with Crippen LogP contribution in [0.3, 0.4) is 0 Å². The Labute approximate surface area is 129 Å². The fraction of sp³-hybridized carbons (Fsp3) is 1.00. The van der Waals surface area contributed by atoms with Gasteiger partial charge in [-0.1, -0.05) is 41.5 Å². The van der Waals surface area contributed by atoms with Gasteiger partial charge in [-0.25, -0.2) is 0 Å². The predicted octanol–water partition coefficient (Wildman–Crippen LogP) is 5.87. The molecule has 0 aliphatic carbocycles. The molecule has 0 nitrogen and oxygen atoms in total. The van der Waals surface area contributed by atoms with Crippen molar-refractivity contribution in [1.29, 1.82) is 0 Å². The summed E-state index contributed by atoms with van der Waals surface area (Å²) < 4.78 is 0. The Balaban J connectivity index is -0.000000205. The third-order valence-electron chi connectivity index (χ3n) is 0.750. The Hall–Kier alpha value is 1.81. The molecule has 4 radical (unpaired) electrons. The van der Waals surface area contributed by atoms with E-state index in [4.69, 9.17) is 0 Å². The molecular weight excluding hydrogens is 434 g/mol. The second-order valence-corrected chi connectivity index (χ2v) is 28.0. The van der Waals surface area contributed by atoms with E-state index in [2.05, 4.69) is 71.2 Å². The summed E-state index contributed by atoms with van der Waals surface area (Å²) >= 11 is -1.09. The summed E-state index contributed by atoms with van der Waals surface area (Å²) in [4.78, 5) is 14.2. The molecule has 0 spiro atoms. The molecule has 0 aliphatic heterocycles. The van der Waals surface area contributed by atoms with Gasteiger partial charge in [0.05, 0.1) is 9.52 Å². The molecule has 0 amide bonds. The normalized spacial score (nSPS) is 11.6. The topological polar surface area (TPSA) is 0 Å². The molecule has 0 atom stereocenters. The first-order chi connectivity index (χ1) is 7.17. The van der Waals surface area contributed by atoms with Crippen LogP contribution in [0.1, 0.15) is 41.5 Å². The third kappa shape index (κ3) is 73.0. The SMILES string of the molecule is CC(C)(C)[Si]C(C)(C)C.[CH3][Sn]([CH3])[CH3].[CH3][Sn]([CH3])[CH3]. The van der Waals surface area contributed by atoms with E-state index >= 15 is 0 Å². The summed E-state index contributed by atoms with van der Waals surface area (Å²) in [5, 5.41) is 1.02. The van der Waals surface area contributed by atoms with E-state index in [1.165, 1.54) is 0 Å².